The number of amides is 1. The maximum absolute atomic E-state index is 14.2. The molecule has 0 radical (unpaired) electrons. The zero-order chi connectivity index (χ0) is 32.1. The predicted octanol–water partition coefficient (Wildman–Crippen LogP) is 6.81. The minimum Gasteiger partial charge on any atom is -0.497 e. The summed E-state index contributed by atoms with van der Waals surface area (Å²) in [4.78, 5) is 34.1. The third-order valence-corrected chi connectivity index (χ3v) is 8.36. The van der Waals surface area contributed by atoms with Gasteiger partial charge in [-0.2, -0.15) is 0 Å². The standard InChI is InChI=1S/C37H42N4O4/c1-24-8-6-7-9-26(24)23-41-20-17-29(18-21-41)45-32-22-27(37(2,3)4)12-15-30(32)35(42)34-33(31(38)16-19-39-34)40-36(43)25-10-13-28(44-5)14-11-25/h6-16,19,22,29H,17-18,20-21,23H2,1-5H3,(H2,38,39)(H,40,43). The second kappa shape index (κ2) is 13.5. The van der Waals surface area contributed by atoms with Crippen LogP contribution in [0.25, 0.3) is 0 Å². The quantitative estimate of drug-likeness (QED) is 0.202. The molecular formula is C37H42N4O4. The lowest BCUT2D eigenvalue weighted by molar-refractivity contribution is 0.0925. The van der Waals surface area contributed by atoms with Gasteiger partial charge in [0.05, 0.1) is 24.0 Å². The minimum atomic E-state index is -0.414. The SMILES string of the molecule is COc1ccc(C(=O)Nc2c(N)ccnc2C(=O)c2ccc(C(C)(C)C)cc2OC2CCN(Cc3ccccc3C)CC2)cc1. The van der Waals surface area contributed by atoms with E-state index in [0.29, 0.717) is 22.6 Å². The van der Waals surface area contributed by atoms with E-state index in [-0.39, 0.29) is 34.4 Å². The predicted molar refractivity (Wildman–Crippen MR) is 178 cm³/mol. The monoisotopic (exact) mass is 606 g/mol. The molecule has 0 spiro atoms. The van der Waals surface area contributed by atoms with Gasteiger partial charge in [-0.3, -0.25) is 19.5 Å². The lowest BCUT2D eigenvalue weighted by Crippen LogP contribution is -2.38. The van der Waals surface area contributed by atoms with Crippen LogP contribution < -0.4 is 20.5 Å². The molecule has 1 amide bonds. The Hall–Kier alpha value is -4.69. The molecule has 4 aromatic rings. The maximum atomic E-state index is 14.2. The van der Waals surface area contributed by atoms with Gasteiger partial charge in [0.25, 0.3) is 5.91 Å². The Morgan fingerprint density at radius 1 is 1.00 bits per heavy atom. The molecular weight excluding hydrogens is 564 g/mol. The van der Waals surface area contributed by atoms with Crippen molar-refractivity contribution in [2.24, 2.45) is 0 Å². The van der Waals surface area contributed by atoms with Crippen molar-refractivity contribution >= 4 is 23.1 Å². The number of benzene rings is 3. The van der Waals surface area contributed by atoms with Gasteiger partial charge in [0.1, 0.15) is 23.3 Å². The summed E-state index contributed by atoms with van der Waals surface area (Å²) in [6.45, 7) is 11.3. The number of nitrogens with two attached hydrogens (primary N) is 1. The van der Waals surface area contributed by atoms with E-state index < -0.39 is 5.91 Å². The van der Waals surface area contributed by atoms with Gasteiger partial charge in [-0.1, -0.05) is 51.1 Å². The topological polar surface area (TPSA) is 107 Å². The number of nitrogen functional groups attached to an aromatic ring is 1. The number of rotatable bonds is 9. The number of piperidine rings is 1. The largest absolute Gasteiger partial charge is 0.497 e. The summed E-state index contributed by atoms with van der Waals surface area (Å²) >= 11 is 0. The van der Waals surface area contributed by atoms with Gasteiger partial charge >= 0.3 is 0 Å². The number of hydrogen-bond acceptors (Lipinski definition) is 7. The van der Waals surface area contributed by atoms with Crippen LogP contribution >= 0.6 is 0 Å². The fraction of sp³-hybridized carbons (Fsp3) is 0.324. The van der Waals surface area contributed by atoms with Crippen LogP contribution in [0, 0.1) is 6.92 Å². The number of carbonyl (C=O) groups excluding carboxylic acids is 2. The highest BCUT2D eigenvalue weighted by molar-refractivity contribution is 6.17. The van der Waals surface area contributed by atoms with E-state index in [9.17, 15) is 9.59 Å². The van der Waals surface area contributed by atoms with Crippen LogP contribution in [0.3, 0.4) is 0 Å². The van der Waals surface area contributed by atoms with E-state index in [1.165, 1.54) is 17.3 Å². The van der Waals surface area contributed by atoms with E-state index in [1.807, 2.05) is 12.1 Å². The molecule has 0 saturated carbocycles. The van der Waals surface area contributed by atoms with Crippen LogP contribution in [-0.2, 0) is 12.0 Å². The third-order valence-electron chi connectivity index (χ3n) is 8.36. The first-order valence-electron chi connectivity index (χ1n) is 15.4. The number of methoxy groups -OCH3 is 1. The number of aryl methyl sites for hydroxylation is 1. The van der Waals surface area contributed by atoms with Crippen LogP contribution in [0.5, 0.6) is 11.5 Å². The molecule has 5 rings (SSSR count). The summed E-state index contributed by atoms with van der Waals surface area (Å²) in [5.74, 6) is 0.358. The van der Waals surface area contributed by atoms with Gasteiger partial charge in [-0.05, 0) is 84.3 Å². The normalized spacial score (nSPS) is 14.2. The van der Waals surface area contributed by atoms with Gasteiger partial charge < -0.3 is 20.5 Å². The summed E-state index contributed by atoms with van der Waals surface area (Å²) in [5.41, 5.74) is 11.1. The van der Waals surface area contributed by atoms with Crippen LogP contribution in [0.15, 0.2) is 79.0 Å². The fourth-order valence-corrected chi connectivity index (χ4v) is 5.50. The number of hydrogen-bond donors (Lipinski definition) is 2. The minimum absolute atomic E-state index is 0.0389. The molecule has 8 nitrogen and oxygen atoms in total. The number of ether oxygens (including phenoxy) is 2. The van der Waals surface area contributed by atoms with E-state index in [2.05, 4.69) is 67.2 Å². The van der Waals surface area contributed by atoms with E-state index in [0.717, 1.165) is 38.0 Å². The van der Waals surface area contributed by atoms with Crippen molar-refractivity contribution in [3.63, 3.8) is 0 Å². The van der Waals surface area contributed by atoms with E-state index in [1.54, 1.807) is 43.5 Å². The Bertz CT molecular complexity index is 1670. The van der Waals surface area contributed by atoms with Crippen molar-refractivity contribution < 1.29 is 19.1 Å². The number of ketones is 1. The van der Waals surface area contributed by atoms with E-state index >= 15 is 0 Å². The summed E-state index contributed by atoms with van der Waals surface area (Å²) in [6, 6.07) is 22.5. The summed E-state index contributed by atoms with van der Waals surface area (Å²) < 4.78 is 11.8. The molecule has 2 heterocycles. The molecule has 3 N–H and O–H groups in total. The number of nitrogens with one attached hydrogen (secondary N) is 1. The van der Waals surface area contributed by atoms with Crippen LogP contribution in [-0.4, -0.2) is 47.9 Å². The number of nitrogens with zero attached hydrogens (tertiary/aromatic N) is 2. The zero-order valence-electron chi connectivity index (χ0n) is 26.7. The van der Waals surface area contributed by atoms with Crippen molar-refractivity contribution in [3.05, 3.63) is 113 Å². The van der Waals surface area contributed by atoms with Gasteiger partial charge in [-0.25, -0.2) is 0 Å². The van der Waals surface area contributed by atoms with Gasteiger partial charge in [0.2, 0.25) is 5.78 Å². The highest BCUT2D eigenvalue weighted by Crippen LogP contribution is 2.34. The molecule has 8 heteroatoms. The maximum Gasteiger partial charge on any atom is 0.255 e. The summed E-state index contributed by atoms with van der Waals surface area (Å²) in [5, 5.41) is 2.81. The molecule has 1 aliphatic rings. The number of likely N-dealkylation sites (tertiary alicyclic amines) is 1. The van der Waals surface area contributed by atoms with Gasteiger partial charge in [0.15, 0.2) is 0 Å². The van der Waals surface area contributed by atoms with Crippen LogP contribution in [0.4, 0.5) is 11.4 Å². The van der Waals surface area contributed by atoms with Gasteiger partial charge in [0, 0.05) is 31.4 Å². The Kier molecular flexibility index (Phi) is 9.54. The molecule has 234 valence electrons. The first-order chi connectivity index (χ1) is 21.5. The Morgan fingerprint density at radius 2 is 1.71 bits per heavy atom. The average Bonchev–Trinajstić information content (AvgIpc) is 3.03. The van der Waals surface area contributed by atoms with E-state index in [4.69, 9.17) is 15.2 Å². The number of aromatic nitrogens is 1. The molecule has 0 unspecified atom stereocenters. The molecule has 1 aliphatic heterocycles. The van der Waals surface area contributed by atoms with Gasteiger partial charge in [-0.15, -0.1) is 0 Å². The van der Waals surface area contributed by atoms with Crippen molar-refractivity contribution in [1.82, 2.24) is 9.88 Å². The lowest BCUT2D eigenvalue weighted by atomic mass is 9.86. The molecule has 1 saturated heterocycles. The highest BCUT2D eigenvalue weighted by atomic mass is 16.5. The second-order valence-electron chi connectivity index (χ2n) is 12.6. The smallest absolute Gasteiger partial charge is 0.255 e. The van der Waals surface area contributed by atoms with Crippen molar-refractivity contribution in [2.45, 2.75) is 58.6 Å². The molecule has 0 atom stereocenters. The van der Waals surface area contributed by atoms with Crippen LogP contribution in [0.2, 0.25) is 0 Å². The Labute approximate surface area is 265 Å². The zero-order valence-corrected chi connectivity index (χ0v) is 26.7. The first kappa shape index (κ1) is 31.7. The van der Waals surface area contributed by atoms with Crippen molar-refractivity contribution in [1.29, 1.82) is 0 Å². The fourth-order valence-electron chi connectivity index (χ4n) is 5.50. The lowest BCUT2D eigenvalue weighted by Gasteiger charge is -2.33. The third kappa shape index (κ3) is 7.52. The highest BCUT2D eigenvalue weighted by Gasteiger charge is 2.27. The number of anilines is 2. The number of carbonyl (C=O) groups is 2. The Balaban J connectivity index is 1.38. The second-order valence-corrected chi connectivity index (χ2v) is 12.6. The van der Waals surface area contributed by atoms with Crippen LogP contribution in [0.1, 0.15) is 76.7 Å². The molecule has 0 aliphatic carbocycles. The van der Waals surface area contributed by atoms with Crippen molar-refractivity contribution in [2.75, 3.05) is 31.2 Å². The average molecular weight is 607 g/mol. The number of pyridine rings is 1. The summed E-state index contributed by atoms with van der Waals surface area (Å²) in [6.07, 6.45) is 3.13. The molecule has 0 bridgehead atoms. The Morgan fingerprint density at radius 3 is 2.38 bits per heavy atom. The summed E-state index contributed by atoms with van der Waals surface area (Å²) in [7, 11) is 1.56. The van der Waals surface area contributed by atoms with Crippen molar-refractivity contribution in [3.8, 4) is 11.5 Å². The first-order valence-corrected chi connectivity index (χ1v) is 15.4. The molecule has 45 heavy (non-hydrogen) atoms. The molecule has 1 fully saturated rings. The molecule has 1 aromatic heterocycles. The molecule has 3 aromatic carbocycles.